The molecule has 0 heterocycles. The molecule has 2 rings (SSSR count). The van der Waals surface area contributed by atoms with Crippen molar-refractivity contribution < 1.29 is 23.9 Å². The Hall–Kier alpha value is -3.35. The standard InChI is InChI=1S/C23H28N2O5/c1-17(2)14-24-21(26)16-29-22(27)20(13-18-9-5-3-6-10-18)25-23(28)30-15-19-11-7-4-8-12-19/h3-12,17,20H,13-16H2,1-2H3,(H,24,26)(H,25,28)/t20-/m1/s1. The van der Waals surface area contributed by atoms with Crippen molar-refractivity contribution in [1.82, 2.24) is 10.6 Å². The number of amides is 2. The minimum atomic E-state index is -0.978. The van der Waals surface area contributed by atoms with Crippen LogP contribution in [0, 0.1) is 5.92 Å². The number of hydrogen-bond donors (Lipinski definition) is 2. The monoisotopic (exact) mass is 412 g/mol. The number of rotatable bonds is 10. The highest BCUT2D eigenvalue weighted by Crippen LogP contribution is 2.06. The number of alkyl carbamates (subject to hydrolysis) is 1. The molecule has 0 aromatic heterocycles. The van der Waals surface area contributed by atoms with Crippen molar-refractivity contribution in [3.8, 4) is 0 Å². The number of ether oxygens (including phenoxy) is 2. The van der Waals surface area contributed by atoms with E-state index in [0.717, 1.165) is 11.1 Å². The smallest absolute Gasteiger partial charge is 0.408 e. The second-order valence-electron chi connectivity index (χ2n) is 7.25. The molecule has 0 aliphatic heterocycles. The summed E-state index contributed by atoms with van der Waals surface area (Å²) in [6, 6.07) is 17.5. The topological polar surface area (TPSA) is 93.7 Å². The summed E-state index contributed by atoms with van der Waals surface area (Å²) in [6.07, 6.45) is -0.519. The summed E-state index contributed by atoms with van der Waals surface area (Å²) in [6.45, 7) is 4.10. The van der Waals surface area contributed by atoms with Crippen molar-refractivity contribution in [2.45, 2.75) is 32.9 Å². The third kappa shape index (κ3) is 8.77. The van der Waals surface area contributed by atoms with E-state index in [1.165, 1.54) is 0 Å². The van der Waals surface area contributed by atoms with E-state index >= 15 is 0 Å². The van der Waals surface area contributed by atoms with Gasteiger partial charge in [-0.15, -0.1) is 0 Å². The molecule has 30 heavy (non-hydrogen) atoms. The number of hydrogen-bond acceptors (Lipinski definition) is 5. The van der Waals surface area contributed by atoms with Crippen LogP contribution in [0.1, 0.15) is 25.0 Å². The van der Waals surface area contributed by atoms with Gasteiger partial charge in [-0.05, 0) is 17.0 Å². The molecule has 0 aliphatic carbocycles. The molecule has 7 heteroatoms. The van der Waals surface area contributed by atoms with Crippen LogP contribution >= 0.6 is 0 Å². The summed E-state index contributed by atoms with van der Waals surface area (Å²) >= 11 is 0. The Morgan fingerprint density at radius 1 is 0.867 bits per heavy atom. The lowest BCUT2D eigenvalue weighted by Gasteiger charge is -2.18. The minimum absolute atomic E-state index is 0.0807. The zero-order chi connectivity index (χ0) is 21.8. The molecule has 7 nitrogen and oxygen atoms in total. The summed E-state index contributed by atoms with van der Waals surface area (Å²) in [4.78, 5) is 36.6. The maximum atomic E-state index is 12.5. The zero-order valence-corrected chi connectivity index (χ0v) is 17.3. The van der Waals surface area contributed by atoms with Gasteiger partial charge in [-0.3, -0.25) is 4.79 Å². The van der Waals surface area contributed by atoms with Crippen molar-refractivity contribution in [1.29, 1.82) is 0 Å². The predicted octanol–water partition coefficient (Wildman–Crippen LogP) is 2.84. The summed E-state index contributed by atoms with van der Waals surface area (Å²) in [5.74, 6) is -0.797. The van der Waals surface area contributed by atoms with Crippen LogP contribution in [0.5, 0.6) is 0 Å². The van der Waals surface area contributed by atoms with Crippen LogP contribution in [-0.4, -0.2) is 37.2 Å². The van der Waals surface area contributed by atoms with Crippen LogP contribution in [0.3, 0.4) is 0 Å². The van der Waals surface area contributed by atoms with Gasteiger partial charge in [-0.1, -0.05) is 74.5 Å². The van der Waals surface area contributed by atoms with E-state index in [1.807, 2.05) is 74.5 Å². The number of esters is 1. The van der Waals surface area contributed by atoms with Crippen molar-refractivity contribution in [2.75, 3.05) is 13.2 Å². The average Bonchev–Trinajstić information content (AvgIpc) is 2.75. The third-order valence-electron chi connectivity index (χ3n) is 4.13. The number of carbonyl (C=O) groups is 3. The van der Waals surface area contributed by atoms with Crippen LogP contribution in [0.2, 0.25) is 0 Å². The van der Waals surface area contributed by atoms with Gasteiger partial charge >= 0.3 is 12.1 Å². The van der Waals surface area contributed by atoms with Crippen LogP contribution in [0.15, 0.2) is 60.7 Å². The number of nitrogens with one attached hydrogen (secondary N) is 2. The van der Waals surface area contributed by atoms with E-state index in [0.29, 0.717) is 6.54 Å². The van der Waals surface area contributed by atoms with Gasteiger partial charge in [-0.2, -0.15) is 0 Å². The second kappa shape index (κ2) is 12.3. The summed E-state index contributed by atoms with van der Waals surface area (Å²) in [5.41, 5.74) is 1.67. The summed E-state index contributed by atoms with van der Waals surface area (Å²) in [5, 5.41) is 5.22. The van der Waals surface area contributed by atoms with Crippen LogP contribution in [-0.2, 0) is 32.1 Å². The average molecular weight is 412 g/mol. The molecule has 2 aromatic rings. The quantitative estimate of drug-likeness (QED) is 0.586. The van der Waals surface area contributed by atoms with E-state index in [1.54, 1.807) is 0 Å². The first-order valence-electron chi connectivity index (χ1n) is 9.88. The van der Waals surface area contributed by atoms with E-state index < -0.39 is 24.7 Å². The van der Waals surface area contributed by atoms with Gasteiger partial charge in [0.05, 0.1) is 0 Å². The SMILES string of the molecule is CC(C)CNC(=O)COC(=O)[C@@H](Cc1ccccc1)NC(=O)OCc1ccccc1. The van der Waals surface area contributed by atoms with Crippen molar-refractivity contribution >= 4 is 18.0 Å². The first-order valence-corrected chi connectivity index (χ1v) is 9.88. The molecule has 0 fully saturated rings. The highest BCUT2D eigenvalue weighted by Gasteiger charge is 2.24. The maximum absolute atomic E-state index is 12.5. The van der Waals surface area contributed by atoms with Crippen LogP contribution in [0.25, 0.3) is 0 Å². The Balaban J connectivity index is 1.92. The molecule has 160 valence electrons. The van der Waals surface area contributed by atoms with Gasteiger partial charge in [-0.25, -0.2) is 9.59 Å². The Morgan fingerprint density at radius 2 is 1.47 bits per heavy atom. The maximum Gasteiger partial charge on any atom is 0.408 e. The lowest BCUT2D eigenvalue weighted by atomic mass is 10.1. The molecule has 0 unspecified atom stereocenters. The van der Waals surface area contributed by atoms with E-state index in [4.69, 9.17) is 9.47 Å². The molecule has 2 amide bonds. The molecular formula is C23H28N2O5. The third-order valence-corrected chi connectivity index (χ3v) is 4.13. The van der Waals surface area contributed by atoms with Crippen molar-refractivity contribution in [3.63, 3.8) is 0 Å². The Morgan fingerprint density at radius 3 is 2.07 bits per heavy atom. The lowest BCUT2D eigenvalue weighted by Crippen LogP contribution is -2.44. The Kier molecular flexibility index (Phi) is 9.37. The molecule has 1 atom stereocenters. The normalized spacial score (nSPS) is 11.4. The minimum Gasteiger partial charge on any atom is -0.454 e. The number of carbonyl (C=O) groups excluding carboxylic acids is 3. The molecule has 0 saturated heterocycles. The summed E-state index contributed by atoms with van der Waals surface area (Å²) in [7, 11) is 0. The summed E-state index contributed by atoms with van der Waals surface area (Å²) < 4.78 is 10.3. The van der Waals surface area contributed by atoms with Gasteiger partial charge in [0.25, 0.3) is 5.91 Å². The molecular weight excluding hydrogens is 384 g/mol. The highest BCUT2D eigenvalue weighted by molar-refractivity contribution is 5.85. The fraction of sp³-hybridized carbons (Fsp3) is 0.348. The van der Waals surface area contributed by atoms with Crippen molar-refractivity contribution in [3.05, 3.63) is 71.8 Å². The molecule has 2 aromatic carbocycles. The predicted molar refractivity (Wildman–Crippen MR) is 113 cm³/mol. The molecule has 0 aliphatic rings. The molecule has 0 saturated carbocycles. The zero-order valence-electron chi connectivity index (χ0n) is 17.3. The Bertz CT molecular complexity index is 809. The van der Waals surface area contributed by atoms with Gasteiger partial charge in [0.2, 0.25) is 0 Å². The van der Waals surface area contributed by atoms with Crippen LogP contribution < -0.4 is 10.6 Å². The first-order chi connectivity index (χ1) is 14.4. The highest BCUT2D eigenvalue weighted by atomic mass is 16.6. The first kappa shape index (κ1) is 22.9. The second-order valence-corrected chi connectivity index (χ2v) is 7.25. The molecule has 0 bridgehead atoms. The van der Waals surface area contributed by atoms with E-state index in [-0.39, 0.29) is 24.9 Å². The van der Waals surface area contributed by atoms with Gasteiger partial charge in [0.15, 0.2) is 6.61 Å². The fourth-order valence-corrected chi connectivity index (χ4v) is 2.56. The molecule has 0 radical (unpaired) electrons. The largest absolute Gasteiger partial charge is 0.454 e. The number of benzene rings is 2. The van der Waals surface area contributed by atoms with Gasteiger partial charge in [0.1, 0.15) is 12.6 Å². The van der Waals surface area contributed by atoms with Gasteiger partial charge < -0.3 is 20.1 Å². The van der Waals surface area contributed by atoms with E-state index in [2.05, 4.69) is 10.6 Å². The van der Waals surface area contributed by atoms with Crippen LogP contribution in [0.4, 0.5) is 4.79 Å². The molecule has 0 spiro atoms. The lowest BCUT2D eigenvalue weighted by molar-refractivity contribution is -0.150. The van der Waals surface area contributed by atoms with Gasteiger partial charge in [0, 0.05) is 13.0 Å². The Labute approximate surface area is 176 Å². The van der Waals surface area contributed by atoms with Crippen molar-refractivity contribution in [2.24, 2.45) is 5.92 Å². The molecule has 2 N–H and O–H groups in total. The van der Waals surface area contributed by atoms with E-state index in [9.17, 15) is 14.4 Å². The fourth-order valence-electron chi connectivity index (χ4n) is 2.56.